The minimum atomic E-state index is -0.543. The van der Waals surface area contributed by atoms with Crippen LogP contribution < -0.4 is 10.1 Å². The fourth-order valence-electron chi connectivity index (χ4n) is 1.84. The van der Waals surface area contributed by atoms with Gasteiger partial charge in [-0.1, -0.05) is 0 Å². The lowest BCUT2D eigenvalue weighted by Gasteiger charge is -2.13. The van der Waals surface area contributed by atoms with Crippen LogP contribution in [0.1, 0.15) is 28.9 Å². The van der Waals surface area contributed by atoms with Crippen LogP contribution in [-0.4, -0.2) is 28.1 Å². The number of carbonyl (C=O) groups excluding carboxylic acids is 1. The molecule has 2 aromatic rings. The van der Waals surface area contributed by atoms with Crippen LogP contribution in [0, 0.1) is 10.1 Å². The first-order valence-corrected chi connectivity index (χ1v) is 6.15. The number of aromatic amines is 1. The van der Waals surface area contributed by atoms with E-state index < -0.39 is 4.92 Å². The van der Waals surface area contributed by atoms with Crippen LogP contribution >= 0.6 is 0 Å². The van der Waals surface area contributed by atoms with Crippen LogP contribution in [0.25, 0.3) is 0 Å². The zero-order valence-corrected chi connectivity index (χ0v) is 11.5. The zero-order valence-electron chi connectivity index (χ0n) is 11.5. The Balaban J connectivity index is 2.21. The average Bonchev–Trinajstić information content (AvgIpc) is 3.00. The third-order valence-corrected chi connectivity index (χ3v) is 3.01. The molecule has 1 aromatic carbocycles. The quantitative estimate of drug-likeness (QED) is 0.644. The second kappa shape index (κ2) is 6.04. The van der Waals surface area contributed by atoms with E-state index in [0.717, 1.165) is 5.56 Å². The van der Waals surface area contributed by atoms with Crippen molar-refractivity contribution in [1.82, 2.24) is 15.5 Å². The van der Waals surface area contributed by atoms with E-state index in [1.807, 2.05) is 0 Å². The van der Waals surface area contributed by atoms with Gasteiger partial charge in [0.05, 0.1) is 35.9 Å². The number of non-ortho nitro benzene ring substituents is 1. The molecule has 1 heterocycles. The van der Waals surface area contributed by atoms with Gasteiger partial charge in [0, 0.05) is 17.8 Å². The topological polar surface area (TPSA) is 110 Å². The number of hydrogen-bond donors (Lipinski definition) is 2. The molecule has 0 fully saturated rings. The van der Waals surface area contributed by atoms with Gasteiger partial charge in [-0.15, -0.1) is 0 Å². The van der Waals surface area contributed by atoms with E-state index >= 15 is 0 Å². The number of nitrogens with one attached hydrogen (secondary N) is 2. The molecule has 1 atom stereocenters. The summed E-state index contributed by atoms with van der Waals surface area (Å²) in [6, 6.07) is 3.60. The van der Waals surface area contributed by atoms with Crippen LogP contribution in [0.3, 0.4) is 0 Å². The third kappa shape index (κ3) is 3.16. The third-order valence-electron chi connectivity index (χ3n) is 3.01. The molecule has 0 aliphatic rings. The van der Waals surface area contributed by atoms with Crippen molar-refractivity contribution in [3.05, 3.63) is 51.8 Å². The van der Waals surface area contributed by atoms with Gasteiger partial charge in [-0.2, -0.15) is 5.10 Å². The maximum absolute atomic E-state index is 12.2. The zero-order chi connectivity index (χ0) is 15.4. The standard InChI is InChI=1S/C13H14N4O4/c1-8(9-6-14-15-7-9)16-13(18)11-4-3-10(17(19)20)5-12(11)21-2/h3-8H,1-2H3,(H,14,15)(H,16,18). The van der Waals surface area contributed by atoms with Crippen molar-refractivity contribution < 1.29 is 14.5 Å². The maximum atomic E-state index is 12.2. The lowest BCUT2D eigenvalue weighted by molar-refractivity contribution is -0.384. The van der Waals surface area contributed by atoms with Gasteiger partial charge in [0.2, 0.25) is 0 Å². The first-order valence-electron chi connectivity index (χ1n) is 6.15. The molecule has 21 heavy (non-hydrogen) atoms. The lowest BCUT2D eigenvalue weighted by atomic mass is 10.1. The highest BCUT2D eigenvalue weighted by Gasteiger charge is 2.19. The van der Waals surface area contributed by atoms with Crippen LogP contribution in [-0.2, 0) is 0 Å². The normalized spacial score (nSPS) is 11.7. The van der Waals surface area contributed by atoms with Gasteiger partial charge >= 0.3 is 0 Å². The minimum absolute atomic E-state index is 0.133. The molecule has 0 saturated heterocycles. The van der Waals surface area contributed by atoms with Crippen molar-refractivity contribution in [2.45, 2.75) is 13.0 Å². The van der Waals surface area contributed by atoms with E-state index in [1.165, 1.54) is 25.3 Å². The molecule has 0 saturated carbocycles. The molecule has 8 nitrogen and oxygen atoms in total. The number of rotatable bonds is 5. The van der Waals surface area contributed by atoms with Gasteiger partial charge in [0.25, 0.3) is 11.6 Å². The van der Waals surface area contributed by atoms with Crippen molar-refractivity contribution in [2.75, 3.05) is 7.11 Å². The van der Waals surface area contributed by atoms with Crippen LogP contribution in [0.15, 0.2) is 30.6 Å². The number of nitro benzene ring substituents is 1. The van der Waals surface area contributed by atoms with Gasteiger partial charge in [-0.25, -0.2) is 0 Å². The number of carbonyl (C=O) groups is 1. The Morgan fingerprint density at radius 2 is 2.29 bits per heavy atom. The van der Waals surface area contributed by atoms with Crippen molar-refractivity contribution in [3.8, 4) is 5.75 Å². The Morgan fingerprint density at radius 1 is 1.52 bits per heavy atom. The number of H-pyrrole nitrogens is 1. The highest BCUT2D eigenvalue weighted by Crippen LogP contribution is 2.25. The monoisotopic (exact) mass is 290 g/mol. The number of hydrogen-bond acceptors (Lipinski definition) is 5. The molecular weight excluding hydrogens is 276 g/mol. The van der Waals surface area contributed by atoms with E-state index in [1.54, 1.807) is 19.3 Å². The van der Waals surface area contributed by atoms with Crippen LogP contribution in [0.4, 0.5) is 5.69 Å². The summed E-state index contributed by atoms with van der Waals surface area (Å²) in [6.07, 6.45) is 3.29. The number of nitrogens with zero attached hydrogens (tertiary/aromatic N) is 2. The predicted molar refractivity (Wildman–Crippen MR) is 74.1 cm³/mol. The Kier molecular flexibility index (Phi) is 4.17. The average molecular weight is 290 g/mol. The summed E-state index contributed by atoms with van der Waals surface area (Å²) in [5, 5.41) is 20.0. The molecular formula is C13H14N4O4. The smallest absolute Gasteiger partial charge is 0.273 e. The second-order valence-electron chi connectivity index (χ2n) is 4.37. The van der Waals surface area contributed by atoms with E-state index in [0.29, 0.717) is 0 Å². The van der Waals surface area contributed by atoms with Crippen molar-refractivity contribution in [3.63, 3.8) is 0 Å². The molecule has 8 heteroatoms. The second-order valence-corrected chi connectivity index (χ2v) is 4.37. The Labute approximate surface area is 120 Å². The van der Waals surface area contributed by atoms with E-state index in [4.69, 9.17) is 4.74 Å². The van der Waals surface area contributed by atoms with E-state index in [9.17, 15) is 14.9 Å². The molecule has 0 aliphatic carbocycles. The van der Waals surface area contributed by atoms with Crippen molar-refractivity contribution >= 4 is 11.6 Å². The number of amides is 1. The van der Waals surface area contributed by atoms with E-state index in [2.05, 4.69) is 15.5 Å². The first-order chi connectivity index (χ1) is 10.0. The molecule has 0 radical (unpaired) electrons. The highest BCUT2D eigenvalue weighted by molar-refractivity contribution is 5.97. The molecule has 0 aliphatic heterocycles. The number of ether oxygens (including phenoxy) is 1. The van der Waals surface area contributed by atoms with Crippen molar-refractivity contribution in [1.29, 1.82) is 0 Å². The molecule has 110 valence electrons. The minimum Gasteiger partial charge on any atom is -0.496 e. The molecule has 2 N–H and O–H groups in total. The van der Waals surface area contributed by atoms with Gasteiger partial charge in [0.15, 0.2) is 0 Å². The highest BCUT2D eigenvalue weighted by atomic mass is 16.6. The van der Waals surface area contributed by atoms with E-state index in [-0.39, 0.29) is 28.9 Å². The first kappa shape index (κ1) is 14.5. The number of nitro groups is 1. The summed E-state index contributed by atoms with van der Waals surface area (Å²) in [6.45, 7) is 1.81. The van der Waals surface area contributed by atoms with Gasteiger partial charge in [-0.3, -0.25) is 20.0 Å². The fraction of sp³-hybridized carbons (Fsp3) is 0.231. The Hall–Kier alpha value is -2.90. The summed E-state index contributed by atoms with van der Waals surface area (Å²) >= 11 is 0. The summed E-state index contributed by atoms with van der Waals surface area (Å²) < 4.78 is 5.05. The SMILES string of the molecule is COc1cc([N+](=O)[O-])ccc1C(=O)NC(C)c1cn[nH]c1. The molecule has 0 spiro atoms. The molecule has 1 amide bonds. The Bertz CT molecular complexity index is 654. The lowest BCUT2D eigenvalue weighted by Crippen LogP contribution is -2.26. The summed E-state index contributed by atoms with van der Waals surface area (Å²) in [4.78, 5) is 22.4. The van der Waals surface area contributed by atoms with Crippen LogP contribution in [0.2, 0.25) is 0 Å². The maximum Gasteiger partial charge on any atom is 0.273 e. The number of methoxy groups -OCH3 is 1. The molecule has 1 aromatic heterocycles. The van der Waals surface area contributed by atoms with Gasteiger partial charge in [0.1, 0.15) is 5.75 Å². The molecule has 2 rings (SSSR count). The molecule has 0 bridgehead atoms. The largest absolute Gasteiger partial charge is 0.496 e. The summed E-state index contributed by atoms with van der Waals surface area (Å²) in [5.74, 6) is -0.225. The van der Waals surface area contributed by atoms with Gasteiger partial charge in [-0.05, 0) is 13.0 Å². The summed E-state index contributed by atoms with van der Waals surface area (Å²) in [7, 11) is 1.36. The number of benzene rings is 1. The molecule has 1 unspecified atom stereocenters. The predicted octanol–water partition coefficient (Wildman–Crippen LogP) is 1.82. The summed E-state index contributed by atoms with van der Waals surface area (Å²) in [5.41, 5.74) is 0.925. The van der Waals surface area contributed by atoms with Gasteiger partial charge < -0.3 is 10.1 Å². The van der Waals surface area contributed by atoms with Crippen LogP contribution in [0.5, 0.6) is 5.75 Å². The number of aromatic nitrogens is 2. The Morgan fingerprint density at radius 3 is 2.86 bits per heavy atom. The van der Waals surface area contributed by atoms with Crippen molar-refractivity contribution in [2.24, 2.45) is 0 Å². The fourth-order valence-corrected chi connectivity index (χ4v) is 1.84.